The number of benzene rings is 3. The molecule has 0 saturated carbocycles. The van der Waals surface area contributed by atoms with Gasteiger partial charge in [0.2, 0.25) is 11.9 Å². The van der Waals surface area contributed by atoms with E-state index >= 15 is 0 Å². The Morgan fingerprint density at radius 3 is 0.477 bits per heavy atom. The molecule has 5 heteroatoms. The van der Waals surface area contributed by atoms with Gasteiger partial charge in [-0.05, 0) is 135 Å². The first-order chi connectivity index (χ1) is 63.5. The van der Waals surface area contributed by atoms with Gasteiger partial charge in [-0.15, -0.1) is 0 Å². The van der Waals surface area contributed by atoms with Crippen molar-refractivity contribution in [2.45, 2.75) is 658 Å². The molecule has 738 valence electrons. The molecule has 0 unspecified atom stereocenters. The van der Waals surface area contributed by atoms with Crippen LogP contribution < -0.4 is 10.6 Å². The zero-order chi connectivity index (χ0) is 90.7. The maximum atomic E-state index is 5.49. The molecule has 4 aromatic rings. The maximum Gasteiger partial charge on any atom is 0.232 e. The highest BCUT2D eigenvalue weighted by Crippen LogP contribution is 2.34. The first kappa shape index (κ1) is 117. The van der Waals surface area contributed by atoms with Gasteiger partial charge in [0, 0.05) is 16.9 Å². The number of nitrogens with one attached hydrogen (secondary N) is 2. The van der Waals surface area contributed by atoms with Gasteiger partial charge >= 0.3 is 0 Å². The predicted molar refractivity (Wildman–Crippen MR) is 577 cm³/mol. The van der Waals surface area contributed by atoms with E-state index in [9.17, 15) is 0 Å². The highest BCUT2D eigenvalue weighted by atomic mass is 15.2. The Hall–Kier alpha value is -3.73. The molecule has 0 aliphatic rings. The largest absolute Gasteiger partial charge is 0.324 e. The van der Waals surface area contributed by atoms with Crippen molar-refractivity contribution in [3.63, 3.8) is 0 Å². The topological polar surface area (TPSA) is 62.7 Å². The summed E-state index contributed by atoms with van der Waals surface area (Å²) in [5.74, 6) is 2.02. The second kappa shape index (κ2) is 91.0. The summed E-state index contributed by atoms with van der Waals surface area (Å²) in [6.07, 6.45) is 133. The van der Waals surface area contributed by atoms with Crippen molar-refractivity contribution in [3.8, 4) is 11.4 Å². The Labute approximate surface area is 801 Å². The van der Waals surface area contributed by atoms with E-state index in [-0.39, 0.29) is 0 Å². The minimum Gasteiger partial charge on any atom is -0.324 e. The SMILES string of the molecule is CCCCCCCCCCCCCCCCCc1cc(Nc2nc(Nc3cc(CCCCCCCCCCCCCCCCC)c(CCCCCCCCCCCCCCCCC)c(CCCCCCCCCCCCCCCCC)c3)nc(-c3ccccc3)n2)cc(CCCCCCCCCCCCCCCCC)c1CCCCCCCCCCCCCCCCC. The van der Waals surface area contributed by atoms with Crippen LogP contribution in [0.2, 0.25) is 0 Å². The van der Waals surface area contributed by atoms with E-state index in [1.165, 1.54) is 591 Å². The maximum absolute atomic E-state index is 5.49. The molecule has 0 fully saturated rings. The molecule has 0 saturated heterocycles. The summed E-state index contributed by atoms with van der Waals surface area (Å²) in [5.41, 5.74) is 13.1. The minimum absolute atomic E-state index is 0.646. The van der Waals surface area contributed by atoms with Gasteiger partial charge in [0.15, 0.2) is 5.82 Å². The second-order valence-electron chi connectivity index (χ2n) is 41.7. The molecule has 1 heterocycles. The summed E-state index contributed by atoms with van der Waals surface area (Å²) in [6.45, 7) is 14.0. The average Bonchev–Trinajstić information content (AvgIpc) is 0.804. The van der Waals surface area contributed by atoms with Crippen LogP contribution in [0.25, 0.3) is 11.4 Å². The number of nitrogens with zero attached hydrogens (tertiary/aromatic N) is 3. The monoisotopic (exact) mass is 1770 g/mol. The lowest BCUT2D eigenvalue weighted by molar-refractivity contribution is 0.530. The number of hydrogen-bond acceptors (Lipinski definition) is 5. The van der Waals surface area contributed by atoms with E-state index in [4.69, 9.17) is 15.0 Å². The van der Waals surface area contributed by atoms with Crippen LogP contribution in [0, 0.1) is 0 Å². The van der Waals surface area contributed by atoms with Gasteiger partial charge in [-0.3, -0.25) is 0 Å². The van der Waals surface area contributed by atoms with Crippen molar-refractivity contribution < 1.29 is 0 Å². The van der Waals surface area contributed by atoms with Crippen molar-refractivity contribution >= 4 is 23.3 Å². The fraction of sp³-hybridized carbons (Fsp3) is 0.829. The fourth-order valence-electron chi connectivity index (χ4n) is 20.8. The molecule has 0 amide bonds. The number of aromatic nitrogens is 3. The predicted octanol–water partition coefficient (Wildman–Crippen LogP) is 43.5. The quantitative estimate of drug-likeness (QED) is 0.0431. The van der Waals surface area contributed by atoms with Crippen molar-refractivity contribution in [1.29, 1.82) is 0 Å². The molecular weight excluding hydrogens is 1550 g/mol. The summed E-state index contributed by atoms with van der Waals surface area (Å²) >= 11 is 0. The number of aryl methyl sites for hydroxylation is 4. The third kappa shape index (κ3) is 68.3. The molecule has 5 nitrogen and oxygen atoms in total. The van der Waals surface area contributed by atoms with Crippen molar-refractivity contribution in [2.75, 3.05) is 10.6 Å². The fourth-order valence-corrected chi connectivity index (χ4v) is 20.8. The number of hydrogen-bond donors (Lipinski definition) is 2. The van der Waals surface area contributed by atoms with Crippen molar-refractivity contribution in [2.24, 2.45) is 0 Å². The van der Waals surface area contributed by atoms with Crippen molar-refractivity contribution in [3.05, 3.63) is 88.0 Å². The van der Waals surface area contributed by atoms with Crippen molar-refractivity contribution in [1.82, 2.24) is 15.0 Å². The van der Waals surface area contributed by atoms with E-state index in [1.54, 1.807) is 33.4 Å². The lowest BCUT2D eigenvalue weighted by Crippen LogP contribution is -2.09. The Morgan fingerprint density at radius 1 is 0.164 bits per heavy atom. The summed E-state index contributed by atoms with van der Waals surface area (Å²) in [7, 11) is 0. The molecule has 128 heavy (non-hydrogen) atoms. The molecule has 0 aliphatic heterocycles. The lowest BCUT2D eigenvalue weighted by Gasteiger charge is -2.20. The third-order valence-electron chi connectivity index (χ3n) is 29.3. The molecule has 2 N–H and O–H groups in total. The Morgan fingerprint density at radius 2 is 0.312 bits per heavy atom. The van der Waals surface area contributed by atoms with Gasteiger partial charge in [0.05, 0.1) is 0 Å². The van der Waals surface area contributed by atoms with Crippen LogP contribution in [-0.4, -0.2) is 15.0 Å². The van der Waals surface area contributed by atoms with E-state index in [0.717, 1.165) is 48.4 Å². The molecule has 0 spiro atoms. The zero-order valence-corrected chi connectivity index (χ0v) is 87.4. The van der Waals surface area contributed by atoms with Crippen LogP contribution in [0.4, 0.5) is 23.3 Å². The number of anilines is 4. The standard InChI is InChI=1S/C123H221N5/c1-7-13-19-25-31-37-43-49-55-61-67-73-79-85-92-102-113-108-117(109-114(103-93-86-80-74-68-62-56-50-44-38-32-26-20-14-8-2)119(113)106-98-89-83-77-71-65-59-53-47-41-35-29-23-17-11-5)124-122-126-121(112-100-96-91-97-101-112)127-123(128-122)125-118-110-115(104-94-87-81-75-69-63-57-51-45-39-33-27-21-15-9-3)120(107-99-90-84-78-72-66-60-54-48-42-36-30-24-18-12-6)116(111-118)105-95-88-82-76-70-64-58-52-46-40-34-28-22-16-10-4/h91,96-97,100-101,108-111H,7-90,92-95,98-99,102-107H2,1-6H3,(H2,124,125,126,127,128). The van der Waals surface area contributed by atoms with E-state index in [1.807, 2.05) is 0 Å². The Balaban J connectivity index is 1.68. The van der Waals surface area contributed by atoms with Crippen LogP contribution in [0.1, 0.15) is 653 Å². The Kier molecular flexibility index (Phi) is 82.9. The first-order valence-electron chi connectivity index (χ1n) is 59.2. The molecule has 4 rings (SSSR count). The summed E-state index contributed by atoms with van der Waals surface area (Å²) < 4.78 is 0. The number of rotatable bonds is 101. The summed E-state index contributed by atoms with van der Waals surface area (Å²) in [5, 5.41) is 8.02. The Bertz CT molecular complexity index is 2660. The summed E-state index contributed by atoms with van der Waals surface area (Å²) in [6, 6.07) is 21.1. The second-order valence-corrected chi connectivity index (χ2v) is 41.7. The molecular formula is C123H221N5. The van der Waals surface area contributed by atoms with Gasteiger partial charge in [0.25, 0.3) is 0 Å². The minimum atomic E-state index is 0.646. The molecule has 0 atom stereocenters. The zero-order valence-electron chi connectivity index (χ0n) is 87.4. The van der Waals surface area contributed by atoms with Gasteiger partial charge < -0.3 is 10.6 Å². The van der Waals surface area contributed by atoms with E-state index in [2.05, 4.69) is 107 Å². The van der Waals surface area contributed by atoms with Crippen LogP contribution in [0.5, 0.6) is 0 Å². The van der Waals surface area contributed by atoms with Gasteiger partial charge in [0.1, 0.15) is 0 Å². The van der Waals surface area contributed by atoms with Crippen LogP contribution >= 0.6 is 0 Å². The first-order valence-corrected chi connectivity index (χ1v) is 59.2. The average molecular weight is 1770 g/mol. The van der Waals surface area contributed by atoms with Crippen LogP contribution in [0.15, 0.2) is 54.6 Å². The lowest BCUT2D eigenvalue weighted by atomic mass is 9.89. The van der Waals surface area contributed by atoms with Gasteiger partial charge in [-0.2, -0.15) is 15.0 Å². The van der Waals surface area contributed by atoms with E-state index in [0.29, 0.717) is 11.9 Å². The summed E-state index contributed by atoms with van der Waals surface area (Å²) in [4.78, 5) is 16.3. The molecule has 1 aromatic heterocycles. The van der Waals surface area contributed by atoms with E-state index < -0.39 is 0 Å². The smallest absolute Gasteiger partial charge is 0.232 e. The highest BCUT2D eigenvalue weighted by molar-refractivity contribution is 5.66. The molecule has 0 bridgehead atoms. The molecule has 0 radical (unpaired) electrons. The van der Waals surface area contributed by atoms with Crippen LogP contribution in [0.3, 0.4) is 0 Å². The van der Waals surface area contributed by atoms with Gasteiger partial charge in [-0.25, -0.2) is 0 Å². The molecule has 3 aromatic carbocycles. The van der Waals surface area contributed by atoms with Crippen LogP contribution in [-0.2, 0) is 38.5 Å². The number of unbranched alkanes of at least 4 members (excludes halogenated alkanes) is 84. The molecule has 0 aliphatic carbocycles. The third-order valence-corrected chi connectivity index (χ3v) is 29.3. The van der Waals surface area contributed by atoms with Gasteiger partial charge in [-0.1, -0.05) is 611 Å². The normalized spacial score (nSPS) is 11.7. The highest BCUT2D eigenvalue weighted by Gasteiger charge is 2.19.